The molecular formula is C10H10F3N3O. The maximum Gasteiger partial charge on any atom is 0.433 e. The van der Waals surface area contributed by atoms with E-state index in [2.05, 4.69) is 9.97 Å². The van der Waals surface area contributed by atoms with Crippen LogP contribution in [0.1, 0.15) is 12.1 Å². The molecule has 7 heteroatoms. The summed E-state index contributed by atoms with van der Waals surface area (Å²) in [5.41, 5.74) is -0.897. The van der Waals surface area contributed by atoms with Gasteiger partial charge in [-0.25, -0.2) is 9.97 Å². The van der Waals surface area contributed by atoms with Crippen molar-refractivity contribution < 1.29 is 17.9 Å². The number of aromatic nitrogens is 2. The summed E-state index contributed by atoms with van der Waals surface area (Å²) >= 11 is 0. The number of alkyl halides is 3. The molecule has 0 aromatic carbocycles. The van der Waals surface area contributed by atoms with Gasteiger partial charge < -0.3 is 9.64 Å². The summed E-state index contributed by atoms with van der Waals surface area (Å²) in [7, 11) is 0. The molecule has 0 radical (unpaired) electrons. The molecule has 92 valence electrons. The maximum atomic E-state index is 12.5. The van der Waals surface area contributed by atoms with Crippen molar-refractivity contribution in [3.8, 4) is 0 Å². The number of rotatable bonds is 1. The van der Waals surface area contributed by atoms with E-state index in [1.807, 2.05) is 4.90 Å². The van der Waals surface area contributed by atoms with Gasteiger partial charge in [0.05, 0.1) is 18.8 Å². The largest absolute Gasteiger partial charge is 0.433 e. The third-order valence-corrected chi connectivity index (χ3v) is 3.14. The molecule has 1 aromatic heterocycles. The summed E-state index contributed by atoms with van der Waals surface area (Å²) in [6, 6.07) is 1.15. The molecule has 3 rings (SSSR count). The van der Waals surface area contributed by atoms with Crippen LogP contribution in [0.2, 0.25) is 0 Å². The third kappa shape index (κ3) is 1.84. The second kappa shape index (κ2) is 3.56. The second-order valence-corrected chi connectivity index (χ2v) is 4.26. The smallest absolute Gasteiger partial charge is 0.374 e. The standard InChI is InChI=1S/C10H10F3N3O/c11-10(12,13)8-2-9(15-5-14-8)16-3-7-1-6(16)4-17-7/h2,5-7H,1,3-4H2. The van der Waals surface area contributed by atoms with Crippen molar-refractivity contribution in [1.29, 1.82) is 0 Å². The number of halogens is 3. The van der Waals surface area contributed by atoms with E-state index < -0.39 is 11.9 Å². The Balaban J connectivity index is 1.89. The van der Waals surface area contributed by atoms with Crippen LogP contribution in [-0.4, -0.2) is 35.3 Å². The van der Waals surface area contributed by atoms with Crippen molar-refractivity contribution in [1.82, 2.24) is 9.97 Å². The van der Waals surface area contributed by atoms with Crippen LogP contribution in [0.25, 0.3) is 0 Å². The molecule has 2 unspecified atom stereocenters. The fourth-order valence-electron chi connectivity index (χ4n) is 2.34. The molecule has 0 N–H and O–H groups in total. The van der Waals surface area contributed by atoms with Gasteiger partial charge in [-0.1, -0.05) is 0 Å². The number of anilines is 1. The van der Waals surface area contributed by atoms with E-state index in [-0.39, 0.29) is 12.1 Å². The lowest BCUT2D eigenvalue weighted by Gasteiger charge is -2.27. The number of ether oxygens (including phenoxy) is 1. The fraction of sp³-hybridized carbons (Fsp3) is 0.600. The molecule has 2 aliphatic heterocycles. The van der Waals surface area contributed by atoms with Gasteiger partial charge in [-0.05, 0) is 6.42 Å². The Morgan fingerprint density at radius 2 is 2.18 bits per heavy atom. The molecule has 3 heterocycles. The van der Waals surface area contributed by atoms with Gasteiger partial charge in [-0.15, -0.1) is 0 Å². The highest BCUT2D eigenvalue weighted by Gasteiger charge is 2.40. The SMILES string of the molecule is FC(F)(F)c1cc(N2CC3CC2CO3)ncn1. The summed E-state index contributed by atoms with van der Waals surface area (Å²) < 4.78 is 42.9. The highest BCUT2D eigenvalue weighted by atomic mass is 19.4. The summed E-state index contributed by atoms with van der Waals surface area (Å²) in [5, 5.41) is 0. The van der Waals surface area contributed by atoms with Crippen molar-refractivity contribution in [2.24, 2.45) is 0 Å². The molecule has 0 saturated carbocycles. The van der Waals surface area contributed by atoms with Gasteiger partial charge >= 0.3 is 6.18 Å². The lowest BCUT2D eigenvalue weighted by atomic mass is 10.2. The molecular weight excluding hydrogens is 235 g/mol. The lowest BCUT2D eigenvalue weighted by molar-refractivity contribution is -0.141. The van der Waals surface area contributed by atoms with Crippen LogP contribution in [-0.2, 0) is 10.9 Å². The average molecular weight is 245 g/mol. The molecule has 1 aromatic rings. The molecule has 2 atom stereocenters. The fourth-order valence-corrected chi connectivity index (χ4v) is 2.34. The quantitative estimate of drug-likeness (QED) is 0.751. The first-order valence-electron chi connectivity index (χ1n) is 5.31. The number of nitrogens with zero attached hydrogens (tertiary/aromatic N) is 3. The van der Waals surface area contributed by atoms with E-state index in [0.717, 1.165) is 18.8 Å². The highest BCUT2D eigenvalue weighted by molar-refractivity contribution is 5.43. The van der Waals surface area contributed by atoms with Crippen molar-refractivity contribution in [2.75, 3.05) is 18.1 Å². The molecule has 0 aliphatic carbocycles. The second-order valence-electron chi connectivity index (χ2n) is 4.26. The van der Waals surface area contributed by atoms with Crippen LogP contribution in [0.5, 0.6) is 0 Å². The van der Waals surface area contributed by atoms with Crippen LogP contribution in [0, 0.1) is 0 Å². The number of morpholine rings is 1. The van der Waals surface area contributed by atoms with Crippen LogP contribution in [0.3, 0.4) is 0 Å². The minimum absolute atomic E-state index is 0.129. The third-order valence-electron chi connectivity index (χ3n) is 3.14. The normalized spacial score (nSPS) is 27.8. The summed E-state index contributed by atoms with van der Waals surface area (Å²) in [6.45, 7) is 1.18. The van der Waals surface area contributed by atoms with Crippen molar-refractivity contribution in [3.05, 3.63) is 18.1 Å². The maximum absolute atomic E-state index is 12.5. The topological polar surface area (TPSA) is 38.2 Å². The zero-order chi connectivity index (χ0) is 12.0. The van der Waals surface area contributed by atoms with Crippen LogP contribution < -0.4 is 4.90 Å². The van der Waals surface area contributed by atoms with Gasteiger partial charge in [0.2, 0.25) is 0 Å². The Labute approximate surface area is 95.4 Å². The zero-order valence-electron chi connectivity index (χ0n) is 8.81. The summed E-state index contributed by atoms with van der Waals surface area (Å²) in [5.74, 6) is 0.336. The predicted octanol–water partition coefficient (Wildman–Crippen LogP) is 1.47. The van der Waals surface area contributed by atoms with E-state index in [1.54, 1.807) is 0 Å². The molecule has 0 spiro atoms. The monoisotopic (exact) mass is 245 g/mol. The highest BCUT2D eigenvalue weighted by Crippen LogP contribution is 2.34. The number of hydrogen-bond acceptors (Lipinski definition) is 4. The molecule has 2 saturated heterocycles. The molecule has 2 bridgehead atoms. The van der Waals surface area contributed by atoms with Crippen LogP contribution >= 0.6 is 0 Å². The number of fused-ring (bicyclic) bond motifs is 2. The Morgan fingerprint density at radius 1 is 1.35 bits per heavy atom. The molecule has 17 heavy (non-hydrogen) atoms. The first-order valence-corrected chi connectivity index (χ1v) is 5.31. The zero-order valence-corrected chi connectivity index (χ0v) is 8.81. The summed E-state index contributed by atoms with van der Waals surface area (Å²) in [4.78, 5) is 9.03. The van der Waals surface area contributed by atoms with Gasteiger partial charge in [-0.3, -0.25) is 0 Å². The van der Waals surface area contributed by atoms with Gasteiger partial charge in [0, 0.05) is 12.6 Å². The van der Waals surface area contributed by atoms with E-state index in [0.29, 0.717) is 19.0 Å². The molecule has 2 fully saturated rings. The summed E-state index contributed by atoms with van der Waals surface area (Å²) in [6.07, 6.45) is -2.46. The Bertz CT molecular complexity index is 437. The van der Waals surface area contributed by atoms with E-state index >= 15 is 0 Å². The Hall–Kier alpha value is -1.37. The Morgan fingerprint density at radius 3 is 2.76 bits per heavy atom. The van der Waals surface area contributed by atoms with Crippen molar-refractivity contribution in [3.63, 3.8) is 0 Å². The minimum Gasteiger partial charge on any atom is -0.374 e. The predicted molar refractivity (Wildman–Crippen MR) is 52.5 cm³/mol. The molecule has 2 aliphatic rings. The molecule has 4 nitrogen and oxygen atoms in total. The van der Waals surface area contributed by atoms with Gasteiger partial charge in [-0.2, -0.15) is 13.2 Å². The first-order chi connectivity index (χ1) is 8.04. The molecule has 0 amide bonds. The first kappa shape index (κ1) is 10.8. The lowest BCUT2D eigenvalue weighted by Crippen LogP contribution is -2.37. The van der Waals surface area contributed by atoms with Crippen LogP contribution in [0.4, 0.5) is 19.0 Å². The van der Waals surface area contributed by atoms with Gasteiger partial charge in [0.1, 0.15) is 17.8 Å². The van der Waals surface area contributed by atoms with Gasteiger partial charge in [0.15, 0.2) is 0 Å². The van der Waals surface area contributed by atoms with E-state index in [1.165, 1.54) is 0 Å². The van der Waals surface area contributed by atoms with E-state index in [4.69, 9.17) is 4.74 Å². The average Bonchev–Trinajstić information content (AvgIpc) is 2.89. The van der Waals surface area contributed by atoms with Crippen LogP contribution in [0.15, 0.2) is 12.4 Å². The van der Waals surface area contributed by atoms with Crippen molar-refractivity contribution in [2.45, 2.75) is 24.7 Å². The Kier molecular flexibility index (Phi) is 2.25. The minimum atomic E-state index is -4.42. The number of hydrogen-bond donors (Lipinski definition) is 0. The van der Waals surface area contributed by atoms with E-state index in [9.17, 15) is 13.2 Å². The van der Waals surface area contributed by atoms with Crippen molar-refractivity contribution >= 4 is 5.82 Å². The van der Waals surface area contributed by atoms with Gasteiger partial charge in [0.25, 0.3) is 0 Å².